The van der Waals surface area contributed by atoms with E-state index in [0.29, 0.717) is 0 Å². The first-order chi connectivity index (χ1) is 17.9. The lowest BCUT2D eigenvalue weighted by Crippen LogP contribution is -2.10. The van der Waals surface area contributed by atoms with Gasteiger partial charge in [0, 0.05) is 34.1 Å². The van der Waals surface area contributed by atoms with Gasteiger partial charge in [-0.3, -0.25) is 0 Å². The summed E-state index contributed by atoms with van der Waals surface area (Å²) in [7, 11) is 0. The van der Waals surface area contributed by atoms with E-state index in [4.69, 9.17) is 0 Å². The van der Waals surface area contributed by atoms with Gasteiger partial charge >= 0.3 is 0 Å². The van der Waals surface area contributed by atoms with Crippen molar-refractivity contribution in [3.05, 3.63) is 158 Å². The summed E-state index contributed by atoms with van der Waals surface area (Å²) in [5.41, 5.74) is 6.82. The van der Waals surface area contributed by atoms with E-state index in [1.165, 1.54) is 10.8 Å². The Morgan fingerprint density at radius 3 is 0.806 bits per heavy atom. The van der Waals surface area contributed by atoms with Crippen molar-refractivity contribution in [3.63, 3.8) is 0 Å². The molecule has 0 aromatic heterocycles. The van der Waals surface area contributed by atoms with Crippen LogP contribution in [0.4, 0.5) is 34.1 Å². The minimum atomic E-state index is 1.13. The van der Waals surface area contributed by atoms with Gasteiger partial charge in [0.25, 0.3) is 0 Å². The fourth-order valence-corrected chi connectivity index (χ4v) is 4.70. The van der Waals surface area contributed by atoms with Crippen LogP contribution in [0.15, 0.2) is 158 Å². The second-order valence-electron chi connectivity index (χ2n) is 8.73. The Hall–Kier alpha value is -4.82. The van der Waals surface area contributed by atoms with Gasteiger partial charge in [-0.1, -0.05) is 84.9 Å². The molecule has 0 spiro atoms. The first-order valence-corrected chi connectivity index (χ1v) is 12.2. The average molecular weight is 463 g/mol. The highest BCUT2D eigenvalue weighted by Gasteiger charge is 2.15. The van der Waals surface area contributed by atoms with Crippen molar-refractivity contribution in [2.75, 3.05) is 9.80 Å². The van der Waals surface area contributed by atoms with E-state index < -0.39 is 0 Å². The number of hydrogen-bond donors (Lipinski definition) is 0. The molecule has 0 amide bonds. The number of para-hydroxylation sites is 4. The maximum atomic E-state index is 2.30. The van der Waals surface area contributed by atoms with Crippen molar-refractivity contribution in [2.24, 2.45) is 0 Å². The molecule has 0 N–H and O–H groups in total. The Kier molecular flexibility index (Phi) is 5.91. The number of rotatable bonds is 6. The van der Waals surface area contributed by atoms with Crippen molar-refractivity contribution in [3.8, 4) is 0 Å². The average Bonchev–Trinajstić information content (AvgIpc) is 2.96. The lowest BCUT2D eigenvalue weighted by molar-refractivity contribution is 1.28. The molecule has 2 heteroatoms. The molecule has 6 rings (SSSR count). The second kappa shape index (κ2) is 9.81. The van der Waals surface area contributed by atoms with E-state index in [-0.39, 0.29) is 0 Å². The molecule has 36 heavy (non-hydrogen) atoms. The van der Waals surface area contributed by atoms with Crippen LogP contribution in [0.5, 0.6) is 0 Å². The molecule has 0 heterocycles. The van der Waals surface area contributed by atoms with E-state index in [9.17, 15) is 0 Å². The number of benzene rings is 6. The third-order valence-corrected chi connectivity index (χ3v) is 6.38. The highest BCUT2D eigenvalue weighted by atomic mass is 15.1. The van der Waals surface area contributed by atoms with Gasteiger partial charge in [0.2, 0.25) is 0 Å². The van der Waals surface area contributed by atoms with E-state index in [2.05, 4.69) is 168 Å². The normalized spacial score (nSPS) is 10.8. The van der Waals surface area contributed by atoms with E-state index >= 15 is 0 Å². The summed E-state index contributed by atoms with van der Waals surface area (Å²) in [6.07, 6.45) is 0. The van der Waals surface area contributed by atoms with Gasteiger partial charge in [0.05, 0.1) is 0 Å². The van der Waals surface area contributed by atoms with E-state index in [1.807, 2.05) is 0 Å². The van der Waals surface area contributed by atoms with Crippen molar-refractivity contribution in [2.45, 2.75) is 0 Å². The zero-order valence-corrected chi connectivity index (χ0v) is 19.9. The van der Waals surface area contributed by atoms with Crippen LogP contribution in [-0.2, 0) is 0 Å². The second-order valence-corrected chi connectivity index (χ2v) is 8.73. The Morgan fingerprint density at radius 1 is 0.250 bits per heavy atom. The van der Waals surface area contributed by atoms with E-state index in [1.54, 1.807) is 0 Å². The van der Waals surface area contributed by atoms with Crippen molar-refractivity contribution < 1.29 is 0 Å². The maximum Gasteiger partial charge on any atom is 0.0468 e. The lowest BCUT2D eigenvalue weighted by atomic mass is 10.1. The highest BCUT2D eigenvalue weighted by molar-refractivity contribution is 5.93. The highest BCUT2D eigenvalue weighted by Crippen LogP contribution is 2.38. The maximum absolute atomic E-state index is 2.30. The summed E-state index contributed by atoms with van der Waals surface area (Å²) in [4.78, 5) is 4.60. The standard InChI is InChI=1S/C34H26N2/c1-5-13-29(14-6-1)35(30-15-7-2-8-16-30)33-23-21-28-26-34(24-22-27(28)25-33)36(31-17-9-3-10-18-31)32-19-11-4-12-20-32/h1-26H. The molecule has 0 aliphatic heterocycles. The summed E-state index contributed by atoms with van der Waals surface area (Å²) < 4.78 is 0. The van der Waals surface area contributed by atoms with Gasteiger partial charge in [0.1, 0.15) is 0 Å². The van der Waals surface area contributed by atoms with Crippen LogP contribution in [0.3, 0.4) is 0 Å². The Bertz CT molecular complexity index is 1360. The Labute approximate surface area is 212 Å². The van der Waals surface area contributed by atoms with Crippen LogP contribution in [0, 0.1) is 0 Å². The first kappa shape index (κ1) is 21.7. The minimum Gasteiger partial charge on any atom is -0.310 e. The van der Waals surface area contributed by atoms with Gasteiger partial charge in [-0.05, 0) is 83.6 Å². The van der Waals surface area contributed by atoms with E-state index in [0.717, 1.165) is 34.1 Å². The Balaban J connectivity index is 1.44. The van der Waals surface area contributed by atoms with Crippen LogP contribution in [0.25, 0.3) is 10.8 Å². The largest absolute Gasteiger partial charge is 0.310 e. The molecule has 2 nitrogen and oxygen atoms in total. The van der Waals surface area contributed by atoms with Crippen molar-refractivity contribution in [1.82, 2.24) is 0 Å². The zero-order valence-electron chi connectivity index (χ0n) is 19.9. The summed E-state index contributed by atoms with van der Waals surface area (Å²) >= 11 is 0. The molecule has 6 aromatic rings. The third-order valence-electron chi connectivity index (χ3n) is 6.38. The zero-order chi connectivity index (χ0) is 24.2. The predicted octanol–water partition coefficient (Wildman–Crippen LogP) is 9.78. The molecule has 0 aliphatic rings. The number of nitrogens with zero attached hydrogens (tertiary/aromatic N) is 2. The quantitative estimate of drug-likeness (QED) is 0.243. The number of fused-ring (bicyclic) bond motifs is 1. The Morgan fingerprint density at radius 2 is 0.528 bits per heavy atom. The van der Waals surface area contributed by atoms with Crippen LogP contribution < -0.4 is 9.80 Å². The van der Waals surface area contributed by atoms with Crippen LogP contribution in [-0.4, -0.2) is 0 Å². The molecular formula is C34H26N2. The topological polar surface area (TPSA) is 6.48 Å². The van der Waals surface area contributed by atoms with Crippen molar-refractivity contribution in [1.29, 1.82) is 0 Å². The SMILES string of the molecule is c1ccc(N(c2ccccc2)c2ccc3cc(N(c4ccccc4)c4ccccc4)ccc3c2)cc1. The first-order valence-electron chi connectivity index (χ1n) is 12.2. The number of anilines is 6. The molecule has 172 valence electrons. The fraction of sp³-hybridized carbons (Fsp3) is 0. The summed E-state index contributed by atoms with van der Waals surface area (Å²) in [6, 6.07) is 55.5. The lowest BCUT2D eigenvalue weighted by Gasteiger charge is -2.27. The molecule has 0 radical (unpaired) electrons. The minimum absolute atomic E-state index is 1.13. The monoisotopic (exact) mass is 462 g/mol. The molecule has 0 fully saturated rings. The molecule has 6 aromatic carbocycles. The molecule has 0 saturated heterocycles. The number of hydrogen-bond acceptors (Lipinski definition) is 2. The molecule has 0 bridgehead atoms. The third kappa shape index (κ3) is 4.33. The van der Waals surface area contributed by atoms with Gasteiger partial charge < -0.3 is 9.80 Å². The summed E-state index contributed by atoms with van der Waals surface area (Å²) in [5, 5.41) is 2.41. The molecular weight excluding hydrogens is 436 g/mol. The van der Waals surface area contributed by atoms with Gasteiger partial charge in [0.15, 0.2) is 0 Å². The van der Waals surface area contributed by atoms with Gasteiger partial charge in [-0.2, -0.15) is 0 Å². The molecule has 0 aliphatic carbocycles. The predicted molar refractivity (Wildman–Crippen MR) is 153 cm³/mol. The van der Waals surface area contributed by atoms with Crippen LogP contribution in [0.2, 0.25) is 0 Å². The van der Waals surface area contributed by atoms with Crippen LogP contribution >= 0.6 is 0 Å². The summed E-state index contributed by atoms with van der Waals surface area (Å²) in [6.45, 7) is 0. The molecule has 0 unspecified atom stereocenters. The fourth-order valence-electron chi connectivity index (χ4n) is 4.70. The van der Waals surface area contributed by atoms with Crippen LogP contribution in [0.1, 0.15) is 0 Å². The molecule has 0 saturated carbocycles. The van der Waals surface area contributed by atoms with Gasteiger partial charge in [-0.15, -0.1) is 0 Å². The molecule has 0 atom stereocenters. The van der Waals surface area contributed by atoms with Crippen molar-refractivity contribution >= 4 is 44.9 Å². The summed E-state index contributed by atoms with van der Waals surface area (Å²) in [5.74, 6) is 0. The van der Waals surface area contributed by atoms with Gasteiger partial charge in [-0.25, -0.2) is 0 Å². The smallest absolute Gasteiger partial charge is 0.0468 e.